The van der Waals surface area contributed by atoms with Crippen LogP contribution in [0.5, 0.6) is 11.5 Å². The number of hydrogen-bond donors (Lipinski definition) is 0. The van der Waals surface area contributed by atoms with Crippen LogP contribution in [0.4, 0.5) is 0 Å². The average Bonchev–Trinajstić information content (AvgIpc) is 3.15. The molecule has 8 nitrogen and oxygen atoms in total. The molecular formula is C29H27N3O5. The van der Waals surface area contributed by atoms with Gasteiger partial charge in [0.05, 0.1) is 41.8 Å². The number of aromatic nitrogens is 2. The number of ether oxygens (including phenoxy) is 2. The highest BCUT2D eigenvalue weighted by Crippen LogP contribution is 2.29. The quantitative estimate of drug-likeness (QED) is 0.322. The molecule has 0 spiro atoms. The van der Waals surface area contributed by atoms with E-state index in [1.807, 2.05) is 32.0 Å². The van der Waals surface area contributed by atoms with E-state index in [-0.39, 0.29) is 23.9 Å². The van der Waals surface area contributed by atoms with Gasteiger partial charge in [0.2, 0.25) is 0 Å². The van der Waals surface area contributed by atoms with E-state index >= 15 is 0 Å². The van der Waals surface area contributed by atoms with E-state index in [2.05, 4.69) is 0 Å². The molecule has 0 fully saturated rings. The zero-order chi connectivity index (χ0) is 25.9. The summed E-state index contributed by atoms with van der Waals surface area (Å²) >= 11 is 0. The van der Waals surface area contributed by atoms with Crippen molar-refractivity contribution in [1.82, 2.24) is 14.5 Å². The Kier molecular flexibility index (Phi) is 6.72. The zero-order valence-corrected chi connectivity index (χ0v) is 20.8. The highest BCUT2D eigenvalue weighted by atomic mass is 16.5. The summed E-state index contributed by atoms with van der Waals surface area (Å²) in [6, 6.07) is 19.5. The maximum absolute atomic E-state index is 13.5. The van der Waals surface area contributed by atoms with Crippen molar-refractivity contribution in [2.75, 3.05) is 13.2 Å². The topological polar surface area (TPSA) is 90.7 Å². The van der Waals surface area contributed by atoms with Gasteiger partial charge in [-0.1, -0.05) is 30.3 Å². The Morgan fingerprint density at radius 2 is 1.43 bits per heavy atom. The molecule has 2 amide bonds. The molecule has 188 valence electrons. The summed E-state index contributed by atoms with van der Waals surface area (Å²) in [6.07, 6.45) is 0.515. The van der Waals surface area contributed by atoms with Crippen molar-refractivity contribution in [3.05, 3.63) is 99.6 Å². The Morgan fingerprint density at radius 1 is 0.784 bits per heavy atom. The Hall–Kier alpha value is -4.46. The highest BCUT2D eigenvalue weighted by molar-refractivity contribution is 6.21. The van der Waals surface area contributed by atoms with Crippen molar-refractivity contribution in [3.63, 3.8) is 0 Å². The first-order chi connectivity index (χ1) is 18.0. The molecular weight excluding hydrogens is 470 g/mol. The number of carbonyl (C=O) groups excluding carboxylic acids is 2. The molecule has 2 heterocycles. The SMILES string of the molecule is CCOc1ccc(CCn2c(CN3C(=O)c4ccccc4C3=O)nc3ccccc3c2=O)cc1OCC. The second-order valence-corrected chi connectivity index (χ2v) is 8.64. The van der Waals surface area contributed by atoms with Crippen LogP contribution in [0.15, 0.2) is 71.5 Å². The third-order valence-electron chi connectivity index (χ3n) is 6.35. The summed E-state index contributed by atoms with van der Waals surface area (Å²) in [5.41, 5.74) is 1.99. The van der Waals surface area contributed by atoms with Crippen molar-refractivity contribution in [2.45, 2.75) is 33.4 Å². The normalized spacial score (nSPS) is 12.8. The minimum Gasteiger partial charge on any atom is -0.490 e. The van der Waals surface area contributed by atoms with E-state index in [1.54, 1.807) is 53.1 Å². The Morgan fingerprint density at radius 3 is 2.14 bits per heavy atom. The number of para-hydroxylation sites is 1. The summed E-state index contributed by atoms with van der Waals surface area (Å²) in [4.78, 5) is 45.4. The van der Waals surface area contributed by atoms with Crippen LogP contribution < -0.4 is 15.0 Å². The lowest BCUT2D eigenvalue weighted by Gasteiger charge is -2.19. The van der Waals surface area contributed by atoms with Gasteiger partial charge in [0.25, 0.3) is 17.4 Å². The number of hydrogen-bond acceptors (Lipinski definition) is 6. The number of rotatable bonds is 9. The highest BCUT2D eigenvalue weighted by Gasteiger charge is 2.36. The number of fused-ring (bicyclic) bond motifs is 2. The molecule has 1 aliphatic rings. The second kappa shape index (κ2) is 10.3. The smallest absolute Gasteiger partial charge is 0.261 e. The molecule has 5 rings (SSSR count). The number of carbonyl (C=O) groups is 2. The molecule has 1 aromatic heterocycles. The summed E-state index contributed by atoms with van der Waals surface area (Å²) < 4.78 is 13.0. The van der Waals surface area contributed by atoms with Crippen LogP contribution in [-0.2, 0) is 19.5 Å². The van der Waals surface area contributed by atoms with E-state index in [4.69, 9.17) is 14.5 Å². The lowest BCUT2D eigenvalue weighted by Crippen LogP contribution is -2.34. The second-order valence-electron chi connectivity index (χ2n) is 8.64. The predicted molar refractivity (Wildman–Crippen MR) is 139 cm³/mol. The number of aryl methyl sites for hydroxylation is 1. The van der Waals surface area contributed by atoms with Gasteiger partial charge in [-0.25, -0.2) is 4.98 Å². The van der Waals surface area contributed by atoms with Crippen LogP contribution in [0.1, 0.15) is 46.0 Å². The van der Waals surface area contributed by atoms with Gasteiger partial charge in [0.15, 0.2) is 11.5 Å². The molecule has 0 saturated heterocycles. The minimum absolute atomic E-state index is 0.0973. The molecule has 3 aromatic carbocycles. The van der Waals surface area contributed by atoms with Crippen molar-refractivity contribution < 1.29 is 19.1 Å². The first-order valence-electron chi connectivity index (χ1n) is 12.3. The van der Waals surface area contributed by atoms with E-state index in [0.29, 0.717) is 65.5 Å². The standard InChI is InChI=1S/C29H27N3O5/c1-3-36-24-14-13-19(17-25(24)37-4-2)15-16-31-26(30-23-12-8-7-11-22(23)29(31)35)18-32-27(33)20-9-5-6-10-21(20)28(32)34/h5-14,17H,3-4,15-16,18H2,1-2H3. The molecule has 0 aliphatic carbocycles. The fourth-order valence-corrected chi connectivity index (χ4v) is 4.58. The minimum atomic E-state index is -0.387. The predicted octanol–water partition coefficient (Wildman–Crippen LogP) is 4.23. The molecule has 0 saturated carbocycles. The Labute approximate surface area is 214 Å². The van der Waals surface area contributed by atoms with Crippen molar-refractivity contribution in [1.29, 1.82) is 0 Å². The van der Waals surface area contributed by atoms with Crippen LogP contribution >= 0.6 is 0 Å². The van der Waals surface area contributed by atoms with Crippen molar-refractivity contribution in [2.24, 2.45) is 0 Å². The van der Waals surface area contributed by atoms with E-state index < -0.39 is 0 Å². The van der Waals surface area contributed by atoms with Gasteiger partial charge >= 0.3 is 0 Å². The lowest BCUT2D eigenvalue weighted by molar-refractivity contribution is 0.0636. The third kappa shape index (κ3) is 4.58. The molecule has 4 aromatic rings. The van der Waals surface area contributed by atoms with Crippen molar-refractivity contribution in [3.8, 4) is 11.5 Å². The molecule has 0 unspecified atom stereocenters. The van der Waals surface area contributed by atoms with E-state index in [9.17, 15) is 14.4 Å². The fraction of sp³-hybridized carbons (Fsp3) is 0.241. The van der Waals surface area contributed by atoms with Crippen molar-refractivity contribution >= 4 is 22.7 Å². The van der Waals surface area contributed by atoms with Crippen LogP contribution in [0.25, 0.3) is 10.9 Å². The summed E-state index contributed by atoms with van der Waals surface area (Å²) in [5.74, 6) is 0.903. The first-order valence-corrected chi connectivity index (χ1v) is 12.3. The van der Waals surface area contributed by atoms with Crippen LogP contribution in [-0.4, -0.2) is 39.5 Å². The maximum atomic E-state index is 13.5. The monoisotopic (exact) mass is 497 g/mol. The van der Waals surface area contributed by atoms with Crippen LogP contribution in [0.2, 0.25) is 0 Å². The van der Waals surface area contributed by atoms with Gasteiger partial charge in [-0.2, -0.15) is 0 Å². The van der Waals surface area contributed by atoms with Gasteiger partial charge in [0, 0.05) is 6.54 Å². The molecule has 1 aliphatic heterocycles. The van der Waals surface area contributed by atoms with Gasteiger partial charge in [-0.3, -0.25) is 23.9 Å². The summed E-state index contributed by atoms with van der Waals surface area (Å²) in [6.45, 7) is 5.07. The molecule has 8 heteroatoms. The van der Waals surface area contributed by atoms with Crippen LogP contribution in [0, 0.1) is 0 Å². The van der Waals surface area contributed by atoms with Crippen LogP contribution in [0.3, 0.4) is 0 Å². The van der Waals surface area contributed by atoms with Gasteiger partial charge in [-0.05, 0) is 62.2 Å². The molecule has 0 bridgehead atoms. The van der Waals surface area contributed by atoms with Gasteiger partial charge < -0.3 is 9.47 Å². The molecule has 0 atom stereocenters. The lowest BCUT2D eigenvalue weighted by atomic mass is 10.1. The number of benzene rings is 3. The van der Waals surface area contributed by atoms with E-state index in [0.717, 1.165) is 10.5 Å². The largest absolute Gasteiger partial charge is 0.490 e. The fourth-order valence-electron chi connectivity index (χ4n) is 4.58. The van der Waals surface area contributed by atoms with Gasteiger partial charge in [-0.15, -0.1) is 0 Å². The third-order valence-corrected chi connectivity index (χ3v) is 6.35. The first kappa shape index (κ1) is 24.2. The summed E-state index contributed by atoms with van der Waals surface area (Å²) in [7, 11) is 0. The molecule has 37 heavy (non-hydrogen) atoms. The van der Waals surface area contributed by atoms with E-state index in [1.165, 1.54) is 0 Å². The molecule has 0 radical (unpaired) electrons. The zero-order valence-electron chi connectivity index (χ0n) is 20.8. The Bertz CT molecular complexity index is 1520. The Balaban J connectivity index is 1.49. The summed E-state index contributed by atoms with van der Waals surface area (Å²) in [5, 5.41) is 0.482. The average molecular weight is 498 g/mol. The number of amides is 2. The maximum Gasteiger partial charge on any atom is 0.261 e. The number of nitrogens with zero attached hydrogens (tertiary/aromatic N) is 3. The molecule has 0 N–H and O–H groups in total. The number of imide groups is 1. The van der Waals surface area contributed by atoms with Gasteiger partial charge in [0.1, 0.15) is 5.82 Å².